The van der Waals surface area contributed by atoms with Crippen LogP contribution >= 0.6 is 0 Å². The Morgan fingerprint density at radius 2 is 2.14 bits per heavy atom. The highest BCUT2D eigenvalue weighted by atomic mass is 16.1. The Labute approximate surface area is 81.2 Å². The summed E-state index contributed by atoms with van der Waals surface area (Å²) in [5.74, 6) is -0.112. The van der Waals surface area contributed by atoms with Crippen molar-refractivity contribution in [3.8, 4) is 0 Å². The van der Waals surface area contributed by atoms with Crippen molar-refractivity contribution < 1.29 is 4.79 Å². The molecule has 2 heterocycles. The van der Waals surface area contributed by atoms with Gasteiger partial charge < -0.3 is 5.32 Å². The van der Waals surface area contributed by atoms with Gasteiger partial charge >= 0.3 is 0 Å². The lowest BCUT2D eigenvalue weighted by molar-refractivity contribution is -0.117. The zero-order valence-electron chi connectivity index (χ0n) is 7.40. The summed E-state index contributed by atoms with van der Waals surface area (Å²) in [6, 6.07) is 7.65. The third kappa shape index (κ3) is 0.865. The molecule has 0 radical (unpaired) electrons. The quantitative estimate of drug-likeness (QED) is 0.663. The molecule has 1 N–H and O–H groups in total. The van der Waals surface area contributed by atoms with Crippen LogP contribution in [0.15, 0.2) is 35.3 Å². The van der Waals surface area contributed by atoms with Gasteiger partial charge in [0.25, 0.3) is 5.91 Å². The van der Waals surface area contributed by atoms with Crippen molar-refractivity contribution in [1.29, 1.82) is 0 Å². The molecular formula is C11H8N2O. The summed E-state index contributed by atoms with van der Waals surface area (Å²) < 4.78 is 0. The summed E-state index contributed by atoms with van der Waals surface area (Å²) in [5, 5.41) is 3.15. The molecule has 1 atom stereocenters. The Balaban J connectivity index is 2.19. The number of aliphatic imine (C=N–C) groups is 1. The van der Waals surface area contributed by atoms with Crippen LogP contribution < -0.4 is 5.32 Å². The number of rotatable bonds is 0. The summed E-state index contributed by atoms with van der Waals surface area (Å²) in [5.41, 5.74) is 3.15. The highest BCUT2D eigenvalue weighted by molar-refractivity contribution is 6.13. The maximum atomic E-state index is 11.4. The van der Waals surface area contributed by atoms with Crippen LogP contribution in [0.25, 0.3) is 5.57 Å². The van der Waals surface area contributed by atoms with E-state index in [0.29, 0.717) is 0 Å². The number of dihydropyridines is 1. The minimum Gasteiger partial charge on any atom is -0.369 e. The second kappa shape index (κ2) is 2.54. The number of carbonyl (C=O) groups excluding carboxylic acids is 1. The number of carbonyl (C=O) groups is 1. The van der Waals surface area contributed by atoms with E-state index in [0.717, 1.165) is 16.8 Å². The van der Waals surface area contributed by atoms with Gasteiger partial charge in [0.2, 0.25) is 0 Å². The van der Waals surface area contributed by atoms with Crippen LogP contribution in [0.1, 0.15) is 5.56 Å². The molecule has 3 heteroatoms. The average molecular weight is 184 g/mol. The van der Waals surface area contributed by atoms with Gasteiger partial charge in [-0.25, -0.2) is 4.99 Å². The van der Waals surface area contributed by atoms with Gasteiger partial charge in [-0.15, -0.1) is 0 Å². The summed E-state index contributed by atoms with van der Waals surface area (Å²) in [7, 11) is 0. The van der Waals surface area contributed by atoms with Crippen LogP contribution in [-0.4, -0.2) is 18.2 Å². The molecule has 3 nitrogen and oxygen atoms in total. The molecule has 14 heavy (non-hydrogen) atoms. The molecule has 0 bridgehead atoms. The fourth-order valence-electron chi connectivity index (χ4n) is 1.90. The Bertz CT molecular complexity index is 474. The van der Waals surface area contributed by atoms with E-state index in [-0.39, 0.29) is 11.9 Å². The maximum absolute atomic E-state index is 11.4. The number of hydrogen-bond donors (Lipinski definition) is 1. The zero-order chi connectivity index (χ0) is 9.54. The molecule has 1 aromatic carbocycles. The van der Waals surface area contributed by atoms with Gasteiger partial charge in [-0.1, -0.05) is 18.2 Å². The van der Waals surface area contributed by atoms with Gasteiger partial charge in [-0.05, 0) is 17.7 Å². The number of hydrogen-bond acceptors (Lipinski definition) is 2. The molecule has 0 aliphatic carbocycles. The molecule has 3 rings (SSSR count). The van der Waals surface area contributed by atoms with Crippen molar-refractivity contribution in [2.75, 3.05) is 5.32 Å². The second-order valence-electron chi connectivity index (χ2n) is 3.36. The molecule has 68 valence electrons. The van der Waals surface area contributed by atoms with Gasteiger partial charge in [0.1, 0.15) is 6.04 Å². The van der Waals surface area contributed by atoms with Crippen LogP contribution in [0.4, 0.5) is 5.69 Å². The number of amides is 1. The van der Waals surface area contributed by atoms with E-state index < -0.39 is 0 Å². The molecule has 0 fully saturated rings. The maximum Gasteiger partial charge on any atom is 0.272 e. The third-order valence-electron chi connectivity index (χ3n) is 2.55. The fraction of sp³-hybridized carbons (Fsp3) is 0.0909. The lowest BCUT2D eigenvalue weighted by Crippen LogP contribution is -2.26. The third-order valence-corrected chi connectivity index (χ3v) is 2.55. The van der Waals surface area contributed by atoms with Crippen molar-refractivity contribution in [2.45, 2.75) is 6.04 Å². The van der Waals surface area contributed by atoms with Gasteiger partial charge in [-0.2, -0.15) is 0 Å². The predicted octanol–water partition coefficient (Wildman–Crippen LogP) is 1.48. The number of nitrogens with one attached hydrogen (secondary N) is 1. The summed E-state index contributed by atoms with van der Waals surface area (Å²) >= 11 is 0. The van der Waals surface area contributed by atoms with Crippen molar-refractivity contribution >= 4 is 23.4 Å². The molecule has 1 amide bonds. The van der Waals surface area contributed by atoms with Crippen LogP contribution in [0.2, 0.25) is 0 Å². The van der Waals surface area contributed by atoms with Crippen LogP contribution in [-0.2, 0) is 4.79 Å². The van der Waals surface area contributed by atoms with E-state index >= 15 is 0 Å². The number of para-hydroxylation sites is 1. The summed E-state index contributed by atoms with van der Waals surface area (Å²) in [6.07, 6.45) is 3.46. The van der Waals surface area contributed by atoms with Gasteiger partial charge in [0.15, 0.2) is 0 Å². The van der Waals surface area contributed by atoms with Crippen molar-refractivity contribution in [3.63, 3.8) is 0 Å². The first-order chi connectivity index (χ1) is 6.86. The van der Waals surface area contributed by atoms with E-state index in [1.807, 2.05) is 30.3 Å². The number of allylic oxidation sites excluding steroid dienone is 1. The minimum absolute atomic E-state index is 0.112. The van der Waals surface area contributed by atoms with Crippen LogP contribution in [0.3, 0.4) is 0 Å². The molecular weight excluding hydrogens is 176 g/mol. The largest absolute Gasteiger partial charge is 0.369 e. The Morgan fingerprint density at radius 1 is 1.29 bits per heavy atom. The Morgan fingerprint density at radius 3 is 3.07 bits per heavy atom. The van der Waals surface area contributed by atoms with Crippen molar-refractivity contribution in [1.82, 2.24) is 0 Å². The summed E-state index contributed by atoms with van der Waals surface area (Å²) in [4.78, 5) is 15.2. The fourth-order valence-corrected chi connectivity index (χ4v) is 1.90. The van der Waals surface area contributed by atoms with Gasteiger partial charge in [0.05, 0.1) is 0 Å². The highest BCUT2D eigenvalue weighted by Crippen LogP contribution is 2.35. The molecule has 2 aliphatic rings. The molecule has 0 aromatic heterocycles. The van der Waals surface area contributed by atoms with Crippen molar-refractivity contribution in [2.24, 2.45) is 4.99 Å². The van der Waals surface area contributed by atoms with E-state index in [1.54, 1.807) is 6.21 Å². The minimum atomic E-state index is -0.266. The van der Waals surface area contributed by atoms with Crippen LogP contribution in [0, 0.1) is 0 Å². The van der Waals surface area contributed by atoms with E-state index in [9.17, 15) is 4.79 Å². The monoisotopic (exact) mass is 184 g/mol. The number of benzene rings is 1. The highest BCUT2D eigenvalue weighted by Gasteiger charge is 2.32. The van der Waals surface area contributed by atoms with Gasteiger partial charge in [-0.3, -0.25) is 4.79 Å². The predicted molar refractivity (Wildman–Crippen MR) is 55.3 cm³/mol. The van der Waals surface area contributed by atoms with E-state index in [1.165, 1.54) is 0 Å². The lowest BCUT2D eigenvalue weighted by Gasteiger charge is -2.10. The van der Waals surface area contributed by atoms with E-state index in [2.05, 4.69) is 10.3 Å². The number of nitrogens with zero attached hydrogens (tertiary/aromatic N) is 1. The molecule has 1 unspecified atom stereocenters. The SMILES string of the molecule is O=C1N=CC=C2c3ccccc3NC12. The second-order valence-corrected chi connectivity index (χ2v) is 3.36. The molecule has 2 aliphatic heterocycles. The standard InChI is InChI=1S/C11H8N2O/c14-11-10-8(5-6-12-11)7-3-1-2-4-9(7)13-10/h1-6,10,13H. The first-order valence-corrected chi connectivity index (χ1v) is 4.50. The van der Waals surface area contributed by atoms with Gasteiger partial charge in [0, 0.05) is 17.5 Å². The smallest absolute Gasteiger partial charge is 0.272 e. The van der Waals surface area contributed by atoms with Crippen molar-refractivity contribution in [3.05, 3.63) is 35.9 Å². The topological polar surface area (TPSA) is 41.5 Å². The van der Waals surface area contributed by atoms with E-state index in [4.69, 9.17) is 0 Å². The average Bonchev–Trinajstić information content (AvgIpc) is 2.59. The van der Waals surface area contributed by atoms with Crippen LogP contribution in [0.5, 0.6) is 0 Å². The normalized spacial score (nSPS) is 22.4. The lowest BCUT2D eigenvalue weighted by atomic mass is 10.0. The Hall–Kier alpha value is -1.90. The first kappa shape index (κ1) is 7.50. The first-order valence-electron chi connectivity index (χ1n) is 4.50. The summed E-state index contributed by atoms with van der Waals surface area (Å²) in [6.45, 7) is 0. The molecule has 1 aromatic rings. The Kier molecular flexibility index (Phi) is 1.36. The molecule has 0 saturated carbocycles. The zero-order valence-corrected chi connectivity index (χ0v) is 7.40. The number of anilines is 1. The molecule has 0 saturated heterocycles. The number of fused-ring (bicyclic) bond motifs is 3. The molecule has 0 spiro atoms.